The number of nitrogens with zero attached hydrogens (tertiary/aromatic N) is 4. The van der Waals surface area contributed by atoms with Gasteiger partial charge in [-0.1, -0.05) is 90.1 Å². The highest BCUT2D eigenvalue weighted by atomic mass is 15.4. The van der Waals surface area contributed by atoms with Crippen LogP contribution in [0, 0.1) is 0 Å². The van der Waals surface area contributed by atoms with Crippen LogP contribution in [-0.2, 0) is 21.9 Å². The van der Waals surface area contributed by atoms with E-state index in [1.807, 2.05) is 0 Å². The Kier molecular flexibility index (Phi) is 3.99. The fourth-order valence-electron chi connectivity index (χ4n) is 11.0. The minimum atomic E-state index is -0.635. The van der Waals surface area contributed by atoms with Gasteiger partial charge in [0.1, 0.15) is 28.0 Å². The molecule has 7 heterocycles. The van der Waals surface area contributed by atoms with Gasteiger partial charge in [-0.2, -0.15) is 18.6 Å². The van der Waals surface area contributed by atoms with Crippen molar-refractivity contribution in [3.05, 3.63) is 154 Å². The first-order valence-corrected chi connectivity index (χ1v) is 17.4. The van der Waals surface area contributed by atoms with Gasteiger partial charge in [0.05, 0.1) is 23.5 Å². The summed E-state index contributed by atoms with van der Waals surface area (Å²) in [5.74, 6) is 2.55. The molecule has 48 heavy (non-hydrogen) atoms. The van der Waals surface area contributed by atoms with Crippen LogP contribution in [0.5, 0.6) is 0 Å². The van der Waals surface area contributed by atoms with E-state index in [4.69, 9.17) is 0 Å². The quantitative estimate of drug-likeness (QED) is 0.155. The summed E-state index contributed by atoms with van der Waals surface area (Å²) in [6.07, 6.45) is 4.75. The van der Waals surface area contributed by atoms with Crippen LogP contribution in [0.3, 0.4) is 0 Å². The minimum absolute atomic E-state index is 0.169. The Balaban J connectivity index is 1.41. The van der Waals surface area contributed by atoms with Crippen LogP contribution in [-0.4, -0.2) is 4.57 Å². The summed E-state index contributed by atoms with van der Waals surface area (Å²) in [5.41, 5.74) is 15.2. The second kappa shape index (κ2) is 7.42. The molecule has 0 saturated heterocycles. The summed E-state index contributed by atoms with van der Waals surface area (Å²) in [4.78, 5) is 2.59. The molecule has 0 radical (unpaired) electrons. The average molecular weight is 621 g/mol. The van der Waals surface area contributed by atoms with E-state index in [0.29, 0.717) is 0 Å². The predicted octanol–water partition coefficient (Wildman–Crippen LogP) is 8.67. The van der Waals surface area contributed by atoms with Gasteiger partial charge in [-0.25, -0.2) is 0 Å². The topological polar surface area (TPSA) is 15.9 Å². The molecule has 0 N–H and O–H groups in total. The zero-order valence-corrected chi connectivity index (χ0v) is 28.2. The smallest absolute Gasteiger partial charge is 0.192 e. The Labute approximate surface area is 280 Å². The van der Waals surface area contributed by atoms with E-state index in [0.717, 1.165) is 0 Å². The van der Waals surface area contributed by atoms with Gasteiger partial charge in [-0.05, 0) is 59.7 Å². The van der Waals surface area contributed by atoms with Crippen molar-refractivity contribution in [2.45, 2.75) is 63.5 Å². The predicted molar refractivity (Wildman–Crippen MR) is 190 cm³/mol. The van der Waals surface area contributed by atoms with Crippen molar-refractivity contribution < 1.29 is 9.13 Å². The van der Waals surface area contributed by atoms with Crippen molar-refractivity contribution in [2.75, 3.05) is 4.90 Å². The molecule has 0 saturated carbocycles. The second-order valence-electron chi connectivity index (χ2n) is 16.3. The van der Waals surface area contributed by atoms with Gasteiger partial charge in [0.25, 0.3) is 11.6 Å². The Hall–Kier alpha value is -5.22. The molecule has 0 fully saturated rings. The van der Waals surface area contributed by atoms with Crippen LogP contribution >= 0.6 is 0 Å². The van der Waals surface area contributed by atoms with E-state index in [1.165, 1.54) is 89.3 Å². The van der Waals surface area contributed by atoms with Gasteiger partial charge in [0.2, 0.25) is 0 Å². The number of anilines is 3. The molecule has 1 aliphatic carbocycles. The maximum Gasteiger partial charge on any atom is 0.315 e. The van der Waals surface area contributed by atoms with Gasteiger partial charge in [-0.15, -0.1) is 0 Å². The van der Waals surface area contributed by atoms with Crippen LogP contribution in [0.25, 0.3) is 27.6 Å². The molecule has 3 aromatic heterocycles. The van der Waals surface area contributed by atoms with Crippen molar-refractivity contribution in [1.82, 2.24) is 4.57 Å². The molecular formula is C44H36N4+2. The zero-order valence-electron chi connectivity index (χ0n) is 28.2. The molecule has 12 rings (SSSR count). The van der Waals surface area contributed by atoms with Crippen LogP contribution in [0.2, 0.25) is 0 Å². The van der Waals surface area contributed by atoms with Crippen LogP contribution in [0.15, 0.2) is 109 Å². The van der Waals surface area contributed by atoms with Gasteiger partial charge < -0.3 is 0 Å². The molecule has 1 spiro atoms. The number of benzene rings is 4. The van der Waals surface area contributed by atoms with Crippen molar-refractivity contribution in [2.24, 2.45) is 0 Å². The van der Waals surface area contributed by atoms with Gasteiger partial charge in [-0.3, -0.25) is 0 Å². The number of aromatic nitrogens is 3. The zero-order chi connectivity index (χ0) is 32.3. The van der Waals surface area contributed by atoms with Crippen molar-refractivity contribution in [3.8, 4) is 5.82 Å². The van der Waals surface area contributed by atoms with E-state index in [2.05, 4.69) is 170 Å². The third-order valence-corrected chi connectivity index (χ3v) is 13.2. The average Bonchev–Trinajstić information content (AvgIpc) is 3.43. The van der Waals surface area contributed by atoms with Crippen LogP contribution in [0.4, 0.5) is 17.2 Å². The summed E-state index contributed by atoms with van der Waals surface area (Å²) in [5, 5.41) is 2.69. The molecule has 7 aromatic rings. The second-order valence-corrected chi connectivity index (χ2v) is 16.3. The molecule has 1 atom stereocenters. The van der Waals surface area contributed by atoms with Crippen molar-refractivity contribution in [3.63, 3.8) is 0 Å². The fraction of sp³-hybridized carbons (Fsp3) is 0.227. The third-order valence-electron chi connectivity index (χ3n) is 13.2. The molecule has 1 unspecified atom stereocenters. The minimum Gasteiger partial charge on any atom is -0.192 e. The van der Waals surface area contributed by atoms with E-state index in [9.17, 15) is 0 Å². The molecule has 230 valence electrons. The van der Waals surface area contributed by atoms with Crippen molar-refractivity contribution >= 4 is 39.0 Å². The molecule has 4 nitrogen and oxygen atoms in total. The lowest BCUT2D eigenvalue weighted by Gasteiger charge is -2.50. The summed E-state index contributed by atoms with van der Waals surface area (Å²) in [6.45, 7) is 14.5. The SMILES string of the molecule is CC1(C)c2cccc3c2C2(c4c1ccc1c5cccc6c5n(c41)-c1c(ccc[n+]12)C6(C)C)[n+]1cccc2c1N3c1ccccc1C2(C)C. The maximum absolute atomic E-state index is 2.67. The monoisotopic (exact) mass is 620 g/mol. The first-order chi connectivity index (χ1) is 23.1. The van der Waals surface area contributed by atoms with Gasteiger partial charge in [0, 0.05) is 38.1 Å². The van der Waals surface area contributed by atoms with Crippen LogP contribution < -0.4 is 14.0 Å². The lowest BCUT2D eigenvalue weighted by molar-refractivity contribution is -0.965. The standard InChI is InChI=1S/C44H36N4/c1-41(2)27-14-7-8-19-33(27)47-34-20-10-15-28-35(34)44(45-23-11-17-31(41)39(45)47)36-29(42(28,3)4)22-21-26-25-13-9-16-30-37(25)48(38(26)36)40-32(43(30,5)6)18-12-24-46(40)44/h7-24H,1-6H3/q+2. The number of fused-ring (bicyclic) bond motifs is 4. The number of para-hydroxylation sites is 2. The highest BCUT2D eigenvalue weighted by molar-refractivity contribution is 6.13. The van der Waals surface area contributed by atoms with E-state index < -0.39 is 5.66 Å². The van der Waals surface area contributed by atoms with Crippen LogP contribution in [0.1, 0.15) is 86.1 Å². The Morgan fingerprint density at radius 1 is 0.438 bits per heavy atom. The summed E-state index contributed by atoms with van der Waals surface area (Å²) < 4.78 is 7.99. The Bertz CT molecular complexity index is 2720. The Morgan fingerprint density at radius 2 is 1.00 bits per heavy atom. The van der Waals surface area contributed by atoms with Crippen molar-refractivity contribution in [1.29, 1.82) is 0 Å². The molecule has 0 amide bonds. The summed E-state index contributed by atoms with van der Waals surface area (Å²) >= 11 is 0. The molecular weight excluding hydrogens is 585 g/mol. The maximum atomic E-state index is 2.67. The highest BCUT2D eigenvalue weighted by Crippen LogP contribution is 2.62. The molecule has 4 aromatic carbocycles. The summed E-state index contributed by atoms with van der Waals surface area (Å²) in [7, 11) is 0. The first-order valence-electron chi connectivity index (χ1n) is 17.4. The lowest BCUT2D eigenvalue weighted by atomic mass is 9.62. The fourth-order valence-corrected chi connectivity index (χ4v) is 11.0. The molecule has 5 aliphatic rings. The molecule has 4 heteroatoms. The number of hydrogen-bond donors (Lipinski definition) is 0. The first kappa shape index (κ1) is 25.8. The largest absolute Gasteiger partial charge is 0.315 e. The number of rotatable bonds is 0. The third kappa shape index (κ3) is 2.32. The highest BCUT2D eigenvalue weighted by Gasteiger charge is 2.68. The summed E-state index contributed by atoms with van der Waals surface area (Å²) in [6, 6.07) is 37.4. The van der Waals surface area contributed by atoms with E-state index in [-0.39, 0.29) is 16.2 Å². The van der Waals surface area contributed by atoms with Gasteiger partial charge in [0.15, 0.2) is 5.52 Å². The molecule has 0 bridgehead atoms. The normalized spacial score (nSPS) is 21.2. The Morgan fingerprint density at radius 3 is 1.81 bits per heavy atom. The van der Waals surface area contributed by atoms with E-state index in [1.54, 1.807) is 0 Å². The molecule has 4 aliphatic heterocycles. The van der Waals surface area contributed by atoms with E-state index >= 15 is 0 Å². The lowest BCUT2D eigenvalue weighted by Crippen LogP contribution is -2.81. The number of hydrogen-bond acceptors (Lipinski definition) is 1. The number of pyridine rings is 2. The van der Waals surface area contributed by atoms with Gasteiger partial charge >= 0.3 is 5.66 Å².